The Kier molecular flexibility index (Phi) is 5.68. The molecule has 0 spiro atoms. The number of ether oxygens (including phenoxy) is 2. The van der Waals surface area contributed by atoms with Gasteiger partial charge in [0.15, 0.2) is 11.5 Å². The van der Waals surface area contributed by atoms with Crippen LogP contribution in [0.4, 0.5) is 10.1 Å². The van der Waals surface area contributed by atoms with E-state index in [0.29, 0.717) is 36.8 Å². The molecule has 1 aliphatic rings. The van der Waals surface area contributed by atoms with Crippen molar-refractivity contribution >= 4 is 17.5 Å². The van der Waals surface area contributed by atoms with Crippen LogP contribution in [0.5, 0.6) is 11.5 Å². The molecule has 0 bridgehead atoms. The molecule has 1 heterocycles. The molecule has 26 heavy (non-hydrogen) atoms. The van der Waals surface area contributed by atoms with Gasteiger partial charge in [0.05, 0.1) is 6.54 Å². The quantitative estimate of drug-likeness (QED) is 0.831. The van der Waals surface area contributed by atoms with Crippen LogP contribution in [0.25, 0.3) is 0 Å². The molecule has 0 aromatic heterocycles. The van der Waals surface area contributed by atoms with Crippen molar-refractivity contribution in [3.8, 4) is 11.5 Å². The Labute approximate surface area is 150 Å². The number of halogens is 1. The molecule has 0 atom stereocenters. The summed E-state index contributed by atoms with van der Waals surface area (Å²) in [5.41, 5.74) is 1.43. The third-order valence-corrected chi connectivity index (χ3v) is 3.83. The number of carbonyl (C=O) groups excluding carboxylic acids is 2. The summed E-state index contributed by atoms with van der Waals surface area (Å²) in [6.45, 7) is 0.841. The van der Waals surface area contributed by atoms with Crippen molar-refractivity contribution in [3.05, 3.63) is 53.8 Å². The molecule has 2 aromatic carbocycles. The number of hydrogen-bond acceptors (Lipinski definition) is 4. The van der Waals surface area contributed by atoms with E-state index in [1.54, 1.807) is 30.3 Å². The minimum absolute atomic E-state index is 0.128. The van der Waals surface area contributed by atoms with Gasteiger partial charge in [0, 0.05) is 18.2 Å². The van der Waals surface area contributed by atoms with Crippen molar-refractivity contribution in [1.29, 1.82) is 0 Å². The van der Waals surface area contributed by atoms with Gasteiger partial charge >= 0.3 is 0 Å². The molecule has 0 fully saturated rings. The van der Waals surface area contributed by atoms with Crippen LogP contribution in [0.1, 0.15) is 12.0 Å². The fourth-order valence-electron chi connectivity index (χ4n) is 2.50. The molecule has 1 aliphatic heterocycles. The van der Waals surface area contributed by atoms with Crippen LogP contribution in [-0.4, -0.2) is 31.6 Å². The maximum absolute atomic E-state index is 12.8. The molecule has 0 saturated heterocycles. The number of benzene rings is 2. The number of carbonyl (C=O) groups is 2. The lowest BCUT2D eigenvalue weighted by atomic mass is 10.1. The van der Waals surface area contributed by atoms with Gasteiger partial charge in [0.25, 0.3) is 0 Å². The Morgan fingerprint density at radius 2 is 1.69 bits per heavy atom. The largest absolute Gasteiger partial charge is 0.486 e. The Bertz CT molecular complexity index is 793. The van der Waals surface area contributed by atoms with E-state index < -0.39 is 0 Å². The van der Waals surface area contributed by atoms with Crippen molar-refractivity contribution in [3.63, 3.8) is 0 Å². The predicted octanol–water partition coefficient (Wildman–Crippen LogP) is 2.28. The van der Waals surface area contributed by atoms with E-state index in [1.165, 1.54) is 12.1 Å². The summed E-state index contributed by atoms with van der Waals surface area (Å²) in [5, 5.41) is 5.26. The number of aryl methyl sites for hydroxylation is 1. The van der Waals surface area contributed by atoms with Gasteiger partial charge in [-0.05, 0) is 36.2 Å². The molecule has 3 rings (SSSR count). The summed E-state index contributed by atoms with van der Waals surface area (Å²) < 4.78 is 23.7. The highest BCUT2D eigenvalue weighted by atomic mass is 19.1. The molecule has 136 valence electrons. The molecule has 6 nitrogen and oxygen atoms in total. The second-order valence-corrected chi connectivity index (χ2v) is 5.81. The standard InChI is InChI=1S/C19H19FN2O4/c20-14-4-1-13(2-5-14)3-8-18(23)21-12-19(24)22-15-6-7-16-17(11-15)26-10-9-25-16/h1-2,4-7,11H,3,8-10,12H2,(H,21,23)(H,22,24). The molecule has 0 aliphatic carbocycles. The van der Waals surface area contributed by atoms with Crippen LogP contribution in [-0.2, 0) is 16.0 Å². The van der Waals surface area contributed by atoms with Gasteiger partial charge < -0.3 is 20.1 Å². The number of hydrogen-bond donors (Lipinski definition) is 2. The number of amides is 2. The molecule has 0 saturated carbocycles. The van der Waals surface area contributed by atoms with E-state index in [-0.39, 0.29) is 30.6 Å². The van der Waals surface area contributed by atoms with Crippen LogP contribution >= 0.6 is 0 Å². The summed E-state index contributed by atoms with van der Waals surface area (Å²) in [4.78, 5) is 23.8. The normalized spacial score (nSPS) is 12.3. The lowest BCUT2D eigenvalue weighted by Crippen LogP contribution is -2.33. The summed E-state index contributed by atoms with van der Waals surface area (Å²) in [5.74, 6) is 0.332. The molecule has 2 amide bonds. The number of anilines is 1. The van der Waals surface area contributed by atoms with Crippen molar-refractivity contribution in [2.75, 3.05) is 25.1 Å². The second-order valence-electron chi connectivity index (χ2n) is 5.81. The lowest BCUT2D eigenvalue weighted by molar-refractivity contribution is -0.124. The average molecular weight is 358 g/mol. The maximum Gasteiger partial charge on any atom is 0.243 e. The zero-order chi connectivity index (χ0) is 18.4. The molecule has 0 unspecified atom stereocenters. The third-order valence-electron chi connectivity index (χ3n) is 3.83. The highest BCUT2D eigenvalue weighted by Crippen LogP contribution is 2.32. The van der Waals surface area contributed by atoms with Crippen molar-refractivity contribution in [1.82, 2.24) is 5.32 Å². The molecular weight excluding hydrogens is 339 g/mol. The molecule has 2 N–H and O–H groups in total. The van der Waals surface area contributed by atoms with Crippen molar-refractivity contribution < 1.29 is 23.5 Å². The van der Waals surface area contributed by atoms with Crippen molar-refractivity contribution in [2.45, 2.75) is 12.8 Å². The van der Waals surface area contributed by atoms with Gasteiger partial charge in [0.1, 0.15) is 19.0 Å². The number of fused-ring (bicyclic) bond motifs is 1. The smallest absolute Gasteiger partial charge is 0.243 e. The first-order chi connectivity index (χ1) is 12.6. The zero-order valence-corrected chi connectivity index (χ0v) is 14.1. The lowest BCUT2D eigenvalue weighted by Gasteiger charge is -2.19. The van der Waals surface area contributed by atoms with E-state index in [4.69, 9.17) is 9.47 Å². The minimum atomic E-state index is -0.336. The van der Waals surface area contributed by atoms with Gasteiger partial charge in [-0.25, -0.2) is 4.39 Å². The third kappa shape index (κ3) is 4.95. The number of nitrogens with one attached hydrogen (secondary N) is 2. The van der Waals surface area contributed by atoms with Crippen LogP contribution in [0, 0.1) is 5.82 Å². The molecule has 7 heteroatoms. The Morgan fingerprint density at radius 3 is 2.46 bits per heavy atom. The summed E-state index contributed by atoms with van der Waals surface area (Å²) >= 11 is 0. The zero-order valence-electron chi connectivity index (χ0n) is 14.1. The Morgan fingerprint density at radius 1 is 0.962 bits per heavy atom. The monoisotopic (exact) mass is 358 g/mol. The van der Waals surface area contributed by atoms with Gasteiger partial charge in [-0.3, -0.25) is 9.59 Å². The van der Waals surface area contributed by atoms with Crippen LogP contribution < -0.4 is 20.1 Å². The highest BCUT2D eigenvalue weighted by Gasteiger charge is 2.13. The fraction of sp³-hybridized carbons (Fsp3) is 0.263. The summed E-state index contributed by atoms with van der Waals surface area (Å²) in [6, 6.07) is 11.1. The van der Waals surface area contributed by atoms with Gasteiger partial charge in [-0.2, -0.15) is 0 Å². The van der Waals surface area contributed by atoms with E-state index in [0.717, 1.165) is 5.56 Å². The van der Waals surface area contributed by atoms with Crippen LogP contribution in [0.3, 0.4) is 0 Å². The topological polar surface area (TPSA) is 76.7 Å². The van der Waals surface area contributed by atoms with E-state index >= 15 is 0 Å². The average Bonchev–Trinajstić information content (AvgIpc) is 2.66. The van der Waals surface area contributed by atoms with Crippen LogP contribution in [0.2, 0.25) is 0 Å². The van der Waals surface area contributed by atoms with Crippen LogP contribution in [0.15, 0.2) is 42.5 Å². The maximum atomic E-state index is 12.8. The highest BCUT2D eigenvalue weighted by molar-refractivity contribution is 5.94. The predicted molar refractivity (Wildman–Crippen MR) is 93.8 cm³/mol. The molecular formula is C19H19FN2O4. The van der Waals surface area contributed by atoms with Gasteiger partial charge in [-0.15, -0.1) is 0 Å². The van der Waals surface area contributed by atoms with Gasteiger partial charge in [0.2, 0.25) is 11.8 Å². The first kappa shape index (κ1) is 17.7. The summed E-state index contributed by atoms with van der Waals surface area (Å²) in [6.07, 6.45) is 0.707. The summed E-state index contributed by atoms with van der Waals surface area (Å²) in [7, 11) is 0. The number of rotatable bonds is 6. The molecule has 0 radical (unpaired) electrons. The van der Waals surface area contributed by atoms with E-state index in [1.807, 2.05) is 0 Å². The Hall–Kier alpha value is -3.09. The second kappa shape index (κ2) is 8.33. The Balaban J connectivity index is 1.42. The first-order valence-electron chi connectivity index (χ1n) is 8.31. The van der Waals surface area contributed by atoms with E-state index in [9.17, 15) is 14.0 Å². The SMILES string of the molecule is O=C(CCc1ccc(F)cc1)NCC(=O)Nc1ccc2c(c1)OCCO2. The van der Waals surface area contributed by atoms with E-state index in [2.05, 4.69) is 10.6 Å². The fourth-order valence-corrected chi connectivity index (χ4v) is 2.50. The van der Waals surface area contributed by atoms with Gasteiger partial charge in [-0.1, -0.05) is 12.1 Å². The minimum Gasteiger partial charge on any atom is -0.486 e. The van der Waals surface area contributed by atoms with Crippen molar-refractivity contribution in [2.24, 2.45) is 0 Å². The molecule has 2 aromatic rings. The first-order valence-corrected chi connectivity index (χ1v) is 8.31.